The van der Waals surface area contributed by atoms with Crippen LogP contribution in [0.15, 0.2) is 54.6 Å². The van der Waals surface area contributed by atoms with Crippen LogP contribution in [0.5, 0.6) is 0 Å². The number of benzene rings is 2. The number of carbonyl (C=O) groups is 3. The van der Waals surface area contributed by atoms with Gasteiger partial charge in [-0.25, -0.2) is 4.79 Å². The topological polar surface area (TPSA) is 87.7 Å². The van der Waals surface area contributed by atoms with Gasteiger partial charge in [0.2, 0.25) is 5.91 Å². The first kappa shape index (κ1) is 20.4. The van der Waals surface area contributed by atoms with Crippen LogP contribution in [0.1, 0.15) is 30.5 Å². The van der Waals surface area contributed by atoms with E-state index in [0.29, 0.717) is 6.54 Å². The number of urea groups is 1. The standard InChI is InChI=1S/C22H25N3O4/c1-2-29-21(27)14-18(16-8-4-3-5-9-16)24-22(28)23-15-20(26)25-13-12-17-10-6-7-11-19(17)25/h3-11,18H,2,12-15H2,1H3,(H2,23,24,28). The van der Waals surface area contributed by atoms with Crippen molar-refractivity contribution in [3.63, 3.8) is 0 Å². The second kappa shape index (κ2) is 9.73. The smallest absolute Gasteiger partial charge is 0.315 e. The second-order valence-corrected chi connectivity index (χ2v) is 6.72. The van der Waals surface area contributed by atoms with Crippen molar-refractivity contribution in [1.82, 2.24) is 10.6 Å². The summed E-state index contributed by atoms with van der Waals surface area (Å²) in [6.45, 7) is 2.49. The molecule has 0 fully saturated rings. The molecule has 1 aliphatic rings. The molecule has 2 aromatic rings. The van der Waals surface area contributed by atoms with E-state index in [0.717, 1.165) is 23.2 Å². The lowest BCUT2D eigenvalue weighted by Gasteiger charge is -2.20. The molecule has 0 radical (unpaired) electrons. The van der Waals surface area contributed by atoms with Gasteiger partial charge in [-0.05, 0) is 30.5 Å². The minimum absolute atomic E-state index is 0.0126. The Morgan fingerprint density at radius 1 is 1.07 bits per heavy atom. The van der Waals surface area contributed by atoms with Gasteiger partial charge in [-0.2, -0.15) is 0 Å². The molecule has 1 unspecified atom stereocenters. The van der Waals surface area contributed by atoms with Crippen LogP contribution in [0.25, 0.3) is 0 Å². The van der Waals surface area contributed by atoms with Gasteiger partial charge in [-0.15, -0.1) is 0 Å². The second-order valence-electron chi connectivity index (χ2n) is 6.72. The molecule has 0 aromatic heterocycles. The van der Waals surface area contributed by atoms with Gasteiger partial charge in [-0.1, -0.05) is 48.5 Å². The van der Waals surface area contributed by atoms with E-state index >= 15 is 0 Å². The van der Waals surface area contributed by atoms with Crippen molar-refractivity contribution < 1.29 is 19.1 Å². The molecule has 1 heterocycles. The molecule has 3 amide bonds. The Morgan fingerprint density at radius 3 is 2.55 bits per heavy atom. The number of para-hydroxylation sites is 1. The summed E-state index contributed by atoms with van der Waals surface area (Å²) in [6, 6.07) is 15.9. The van der Waals surface area contributed by atoms with E-state index in [9.17, 15) is 14.4 Å². The molecule has 3 rings (SSSR count). The molecule has 0 spiro atoms. The highest BCUT2D eigenvalue weighted by molar-refractivity contribution is 5.98. The molecule has 2 N–H and O–H groups in total. The van der Waals surface area contributed by atoms with Crippen molar-refractivity contribution in [3.8, 4) is 0 Å². The van der Waals surface area contributed by atoms with Crippen LogP contribution < -0.4 is 15.5 Å². The van der Waals surface area contributed by atoms with Crippen molar-refractivity contribution in [2.75, 3.05) is 24.6 Å². The molecule has 0 saturated carbocycles. The summed E-state index contributed by atoms with van der Waals surface area (Å²) in [5, 5.41) is 5.37. The number of esters is 1. The highest BCUT2D eigenvalue weighted by Gasteiger charge is 2.25. The first-order valence-electron chi connectivity index (χ1n) is 9.71. The number of amides is 3. The number of fused-ring (bicyclic) bond motifs is 1. The Kier molecular flexibility index (Phi) is 6.84. The van der Waals surface area contributed by atoms with Crippen LogP contribution in [0.4, 0.5) is 10.5 Å². The SMILES string of the molecule is CCOC(=O)CC(NC(=O)NCC(=O)N1CCc2ccccc21)c1ccccc1. The van der Waals surface area contributed by atoms with Crippen LogP contribution in [0.2, 0.25) is 0 Å². The Morgan fingerprint density at radius 2 is 1.79 bits per heavy atom. The molecule has 0 bridgehead atoms. The summed E-state index contributed by atoms with van der Waals surface area (Å²) < 4.78 is 5.00. The van der Waals surface area contributed by atoms with E-state index in [1.807, 2.05) is 54.6 Å². The fourth-order valence-corrected chi connectivity index (χ4v) is 3.38. The minimum atomic E-state index is -0.544. The first-order valence-corrected chi connectivity index (χ1v) is 9.71. The predicted molar refractivity (Wildman–Crippen MR) is 109 cm³/mol. The van der Waals surface area contributed by atoms with Gasteiger partial charge in [-0.3, -0.25) is 9.59 Å². The summed E-state index contributed by atoms with van der Waals surface area (Å²) in [7, 11) is 0. The van der Waals surface area contributed by atoms with E-state index in [-0.39, 0.29) is 25.5 Å². The van der Waals surface area contributed by atoms with Gasteiger partial charge >= 0.3 is 12.0 Å². The van der Waals surface area contributed by atoms with E-state index in [2.05, 4.69) is 10.6 Å². The maximum Gasteiger partial charge on any atom is 0.315 e. The Labute approximate surface area is 170 Å². The molecule has 1 aliphatic heterocycles. The van der Waals surface area contributed by atoms with Gasteiger partial charge in [0, 0.05) is 12.2 Å². The van der Waals surface area contributed by atoms with Gasteiger partial charge in [0.1, 0.15) is 0 Å². The zero-order chi connectivity index (χ0) is 20.6. The van der Waals surface area contributed by atoms with Crippen molar-refractivity contribution >= 4 is 23.6 Å². The summed E-state index contributed by atoms with van der Waals surface area (Å²) in [5.74, 6) is -0.571. The maximum absolute atomic E-state index is 12.5. The zero-order valence-corrected chi connectivity index (χ0v) is 16.4. The lowest BCUT2D eigenvalue weighted by atomic mass is 10.0. The normalized spacial score (nSPS) is 13.3. The Balaban J connectivity index is 1.57. The Hall–Kier alpha value is -3.35. The molecule has 152 valence electrons. The van der Waals surface area contributed by atoms with Crippen molar-refractivity contribution in [1.29, 1.82) is 0 Å². The molecular formula is C22H25N3O4. The summed E-state index contributed by atoms with van der Waals surface area (Å²) in [5.41, 5.74) is 2.81. The third-order valence-corrected chi connectivity index (χ3v) is 4.77. The molecule has 2 aromatic carbocycles. The fraction of sp³-hybridized carbons (Fsp3) is 0.318. The molecule has 0 aliphatic carbocycles. The van der Waals surface area contributed by atoms with Crippen LogP contribution in [-0.2, 0) is 20.7 Å². The molecular weight excluding hydrogens is 370 g/mol. The molecule has 7 heteroatoms. The summed E-state index contributed by atoms with van der Waals surface area (Å²) >= 11 is 0. The highest BCUT2D eigenvalue weighted by Crippen LogP contribution is 2.27. The van der Waals surface area contributed by atoms with Gasteiger partial charge < -0.3 is 20.3 Å². The molecule has 0 saturated heterocycles. The van der Waals surface area contributed by atoms with Crippen molar-refractivity contribution in [2.24, 2.45) is 0 Å². The average Bonchev–Trinajstić information content (AvgIpc) is 3.17. The fourth-order valence-electron chi connectivity index (χ4n) is 3.38. The minimum Gasteiger partial charge on any atom is -0.466 e. The van der Waals surface area contributed by atoms with E-state index < -0.39 is 18.0 Å². The van der Waals surface area contributed by atoms with E-state index in [1.165, 1.54) is 0 Å². The number of nitrogens with zero attached hydrogens (tertiary/aromatic N) is 1. The van der Waals surface area contributed by atoms with Crippen LogP contribution in [0.3, 0.4) is 0 Å². The summed E-state index contributed by atoms with van der Waals surface area (Å²) in [4.78, 5) is 38.5. The van der Waals surface area contributed by atoms with E-state index in [1.54, 1.807) is 11.8 Å². The average molecular weight is 395 g/mol. The quantitative estimate of drug-likeness (QED) is 0.706. The predicted octanol–water partition coefficient (Wildman–Crippen LogP) is 2.57. The molecule has 7 nitrogen and oxygen atoms in total. The highest BCUT2D eigenvalue weighted by atomic mass is 16.5. The number of ether oxygens (including phenoxy) is 1. The van der Waals surface area contributed by atoms with Crippen LogP contribution in [0, 0.1) is 0 Å². The lowest BCUT2D eigenvalue weighted by Crippen LogP contribution is -2.44. The first-order chi connectivity index (χ1) is 14.1. The number of hydrogen-bond acceptors (Lipinski definition) is 4. The largest absolute Gasteiger partial charge is 0.466 e. The van der Waals surface area contributed by atoms with Gasteiger partial charge in [0.25, 0.3) is 0 Å². The monoisotopic (exact) mass is 395 g/mol. The van der Waals surface area contributed by atoms with Crippen molar-refractivity contribution in [2.45, 2.75) is 25.8 Å². The van der Waals surface area contributed by atoms with E-state index in [4.69, 9.17) is 4.74 Å². The van der Waals surface area contributed by atoms with Crippen molar-refractivity contribution in [3.05, 3.63) is 65.7 Å². The number of rotatable bonds is 7. The molecule has 1 atom stereocenters. The maximum atomic E-state index is 12.5. The van der Waals surface area contributed by atoms with Gasteiger partial charge in [0.15, 0.2) is 0 Å². The lowest BCUT2D eigenvalue weighted by molar-refractivity contribution is -0.143. The number of carbonyl (C=O) groups excluding carboxylic acids is 3. The van der Waals surface area contributed by atoms with Crippen LogP contribution in [-0.4, -0.2) is 37.6 Å². The summed E-state index contributed by atoms with van der Waals surface area (Å²) in [6.07, 6.45) is 0.822. The number of nitrogens with one attached hydrogen (secondary N) is 2. The van der Waals surface area contributed by atoms with Gasteiger partial charge in [0.05, 0.1) is 25.6 Å². The zero-order valence-electron chi connectivity index (χ0n) is 16.4. The van der Waals surface area contributed by atoms with Crippen LogP contribution >= 0.6 is 0 Å². The molecule has 29 heavy (non-hydrogen) atoms. The third-order valence-electron chi connectivity index (χ3n) is 4.77. The Bertz CT molecular complexity index is 869. The number of anilines is 1. The number of hydrogen-bond donors (Lipinski definition) is 2. The third kappa shape index (κ3) is 5.34.